The van der Waals surface area contributed by atoms with E-state index in [-0.39, 0.29) is 5.91 Å². The van der Waals surface area contributed by atoms with Crippen LogP contribution in [0.2, 0.25) is 0 Å². The van der Waals surface area contributed by atoms with Gasteiger partial charge in [0.1, 0.15) is 5.82 Å². The molecule has 0 spiro atoms. The summed E-state index contributed by atoms with van der Waals surface area (Å²) in [6, 6.07) is 10.2. The van der Waals surface area contributed by atoms with E-state index in [1.165, 1.54) is 11.1 Å². The number of carbonyl (C=O) groups is 1. The third-order valence-electron chi connectivity index (χ3n) is 5.32. The van der Waals surface area contributed by atoms with Crippen LogP contribution in [0.5, 0.6) is 0 Å². The number of ether oxygens (including phenoxy) is 1. The number of pyridine rings is 1. The maximum absolute atomic E-state index is 13.1. The van der Waals surface area contributed by atoms with Gasteiger partial charge in [0.15, 0.2) is 0 Å². The highest BCUT2D eigenvalue weighted by atomic mass is 16.5. The highest BCUT2D eigenvalue weighted by Crippen LogP contribution is 2.25. The van der Waals surface area contributed by atoms with Crippen LogP contribution in [0.25, 0.3) is 11.3 Å². The zero-order valence-electron chi connectivity index (χ0n) is 17.3. The number of nitrogens with zero attached hydrogens (tertiary/aromatic N) is 3. The number of carbonyl (C=O) groups excluding carboxylic acids is 1. The van der Waals surface area contributed by atoms with E-state index in [0.717, 1.165) is 37.4 Å². The van der Waals surface area contributed by atoms with E-state index in [0.29, 0.717) is 24.5 Å². The van der Waals surface area contributed by atoms with Crippen molar-refractivity contribution in [2.24, 2.45) is 0 Å². The molecule has 1 N–H and O–H groups in total. The van der Waals surface area contributed by atoms with Crippen molar-refractivity contribution in [3.05, 3.63) is 47.0 Å². The molecule has 1 aromatic heterocycles. The third-order valence-corrected chi connectivity index (χ3v) is 5.32. The molecule has 0 unspecified atom stereocenters. The smallest absolute Gasteiger partial charge is 0.257 e. The van der Waals surface area contributed by atoms with E-state index in [1.807, 2.05) is 17.0 Å². The largest absolute Gasteiger partial charge is 0.383 e. The standard InChI is InChI=1S/C22H30N4O2/c1-16-5-6-18(15-17(16)2)20-8-7-19(21(24-20)23-9-14-28-4)22(27)26-12-10-25(3)11-13-26/h5-8,15H,9-14H2,1-4H3,(H,23,24). The number of methoxy groups -OCH3 is 1. The molecule has 28 heavy (non-hydrogen) atoms. The van der Waals surface area contributed by atoms with Gasteiger partial charge in [-0.25, -0.2) is 4.98 Å². The second kappa shape index (κ2) is 9.17. The Morgan fingerprint density at radius 3 is 2.54 bits per heavy atom. The summed E-state index contributed by atoms with van der Waals surface area (Å²) in [6.45, 7) is 8.63. The number of nitrogens with one attached hydrogen (secondary N) is 1. The van der Waals surface area contributed by atoms with E-state index < -0.39 is 0 Å². The Bertz CT molecular complexity index is 829. The summed E-state index contributed by atoms with van der Waals surface area (Å²) in [7, 11) is 3.75. The fourth-order valence-corrected chi connectivity index (χ4v) is 3.28. The lowest BCUT2D eigenvalue weighted by Gasteiger charge is -2.32. The molecule has 0 radical (unpaired) electrons. The van der Waals surface area contributed by atoms with Crippen molar-refractivity contribution in [1.82, 2.24) is 14.8 Å². The minimum absolute atomic E-state index is 0.0344. The highest BCUT2D eigenvalue weighted by molar-refractivity contribution is 5.99. The van der Waals surface area contributed by atoms with Gasteiger partial charge < -0.3 is 19.9 Å². The zero-order chi connectivity index (χ0) is 20.1. The zero-order valence-corrected chi connectivity index (χ0v) is 17.3. The monoisotopic (exact) mass is 382 g/mol. The van der Waals surface area contributed by atoms with Gasteiger partial charge in [-0.05, 0) is 50.2 Å². The summed E-state index contributed by atoms with van der Waals surface area (Å²) in [5.74, 6) is 0.656. The van der Waals surface area contributed by atoms with E-state index in [9.17, 15) is 4.79 Å². The van der Waals surface area contributed by atoms with Gasteiger partial charge in [0.05, 0.1) is 17.9 Å². The van der Waals surface area contributed by atoms with Crippen molar-refractivity contribution in [2.75, 3.05) is 58.8 Å². The Morgan fingerprint density at radius 2 is 1.86 bits per heavy atom. The van der Waals surface area contributed by atoms with E-state index in [1.54, 1.807) is 7.11 Å². The molecule has 6 nitrogen and oxygen atoms in total. The molecule has 6 heteroatoms. The molecule has 3 rings (SSSR count). The van der Waals surface area contributed by atoms with Gasteiger partial charge in [0.25, 0.3) is 5.91 Å². The molecule has 0 atom stereocenters. The number of anilines is 1. The van der Waals surface area contributed by atoms with Crippen molar-refractivity contribution in [3.63, 3.8) is 0 Å². The molecule has 2 heterocycles. The average molecular weight is 383 g/mol. The number of hydrogen-bond donors (Lipinski definition) is 1. The van der Waals surface area contributed by atoms with Gasteiger partial charge >= 0.3 is 0 Å². The van der Waals surface area contributed by atoms with E-state index in [2.05, 4.69) is 49.3 Å². The minimum Gasteiger partial charge on any atom is -0.383 e. The molecular weight excluding hydrogens is 352 g/mol. The minimum atomic E-state index is 0.0344. The van der Waals surface area contributed by atoms with Gasteiger partial charge in [-0.3, -0.25) is 4.79 Å². The first-order valence-electron chi connectivity index (χ1n) is 9.79. The lowest BCUT2D eigenvalue weighted by molar-refractivity contribution is 0.0664. The van der Waals surface area contributed by atoms with Crippen molar-refractivity contribution < 1.29 is 9.53 Å². The lowest BCUT2D eigenvalue weighted by Crippen LogP contribution is -2.47. The number of amides is 1. The summed E-state index contributed by atoms with van der Waals surface area (Å²) in [5.41, 5.74) is 5.01. The molecular formula is C22H30N4O2. The quantitative estimate of drug-likeness (QED) is 0.779. The number of likely N-dealkylation sites (N-methyl/N-ethyl adjacent to an activating group) is 1. The maximum atomic E-state index is 13.1. The number of piperazine rings is 1. The fourth-order valence-electron chi connectivity index (χ4n) is 3.28. The second-order valence-corrected chi connectivity index (χ2v) is 7.41. The number of hydrogen-bond acceptors (Lipinski definition) is 5. The van der Waals surface area contributed by atoms with Crippen LogP contribution in [0.15, 0.2) is 30.3 Å². The molecule has 1 amide bonds. The van der Waals surface area contributed by atoms with Crippen LogP contribution >= 0.6 is 0 Å². The van der Waals surface area contributed by atoms with Crippen molar-refractivity contribution in [2.45, 2.75) is 13.8 Å². The highest BCUT2D eigenvalue weighted by Gasteiger charge is 2.23. The van der Waals surface area contributed by atoms with Crippen LogP contribution in [0.1, 0.15) is 21.5 Å². The van der Waals surface area contributed by atoms with Crippen LogP contribution in [0.3, 0.4) is 0 Å². The van der Waals surface area contributed by atoms with Crippen LogP contribution < -0.4 is 5.32 Å². The van der Waals surface area contributed by atoms with E-state index in [4.69, 9.17) is 9.72 Å². The van der Waals surface area contributed by atoms with Gasteiger partial charge in [0.2, 0.25) is 0 Å². The number of aryl methyl sites for hydroxylation is 2. The summed E-state index contributed by atoms with van der Waals surface area (Å²) >= 11 is 0. The average Bonchev–Trinajstić information content (AvgIpc) is 2.70. The molecule has 1 aliphatic heterocycles. The SMILES string of the molecule is COCCNc1nc(-c2ccc(C)c(C)c2)ccc1C(=O)N1CCN(C)CC1. The van der Waals surface area contributed by atoms with Crippen LogP contribution in [-0.2, 0) is 4.74 Å². The van der Waals surface area contributed by atoms with Gasteiger partial charge in [-0.1, -0.05) is 12.1 Å². The first kappa shape index (κ1) is 20.3. The summed E-state index contributed by atoms with van der Waals surface area (Å²) in [6.07, 6.45) is 0. The third kappa shape index (κ3) is 4.69. The second-order valence-electron chi connectivity index (χ2n) is 7.41. The Morgan fingerprint density at radius 1 is 1.11 bits per heavy atom. The molecule has 1 saturated heterocycles. The number of rotatable bonds is 6. The molecule has 150 valence electrons. The Labute approximate surface area is 167 Å². The molecule has 1 aromatic carbocycles. The van der Waals surface area contributed by atoms with Crippen LogP contribution in [0, 0.1) is 13.8 Å². The van der Waals surface area contributed by atoms with E-state index >= 15 is 0 Å². The Balaban J connectivity index is 1.90. The summed E-state index contributed by atoms with van der Waals surface area (Å²) in [4.78, 5) is 22.0. The predicted molar refractivity (Wildman–Crippen MR) is 113 cm³/mol. The summed E-state index contributed by atoms with van der Waals surface area (Å²) in [5, 5.41) is 3.29. The van der Waals surface area contributed by atoms with Crippen molar-refractivity contribution in [1.29, 1.82) is 0 Å². The predicted octanol–water partition coefficient (Wildman–Crippen LogP) is 2.81. The molecule has 0 bridgehead atoms. The first-order chi connectivity index (χ1) is 13.5. The Hall–Kier alpha value is -2.44. The summed E-state index contributed by atoms with van der Waals surface area (Å²) < 4.78 is 5.14. The molecule has 1 aliphatic rings. The van der Waals surface area contributed by atoms with Crippen LogP contribution in [0.4, 0.5) is 5.82 Å². The fraction of sp³-hybridized carbons (Fsp3) is 0.455. The molecule has 1 fully saturated rings. The van der Waals surface area contributed by atoms with Crippen molar-refractivity contribution in [3.8, 4) is 11.3 Å². The molecule has 0 saturated carbocycles. The maximum Gasteiger partial charge on any atom is 0.257 e. The molecule has 2 aromatic rings. The Kier molecular flexibility index (Phi) is 6.65. The van der Waals surface area contributed by atoms with Gasteiger partial charge in [-0.15, -0.1) is 0 Å². The first-order valence-corrected chi connectivity index (χ1v) is 9.79. The molecule has 0 aliphatic carbocycles. The van der Waals surface area contributed by atoms with Gasteiger partial charge in [-0.2, -0.15) is 0 Å². The number of aromatic nitrogens is 1. The lowest BCUT2D eigenvalue weighted by atomic mass is 10.0. The van der Waals surface area contributed by atoms with Crippen LogP contribution in [-0.4, -0.2) is 74.2 Å². The normalized spacial score (nSPS) is 14.9. The van der Waals surface area contributed by atoms with Crippen molar-refractivity contribution >= 4 is 11.7 Å². The number of benzene rings is 1. The van der Waals surface area contributed by atoms with Gasteiger partial charge in [0, 0.05) is 45.4 Å². The topological polar surface area (TPSA) is 57.7 Å².